The summed E-state index contributed by atoms with van der Waals surface area (Å²) in [5.74, 6) is -1.41. The van der Waals surface area contributed by atoms with Crippen LogP contribution in [0.3, 0.4) is 0 Å². The summed E-state index contributed by atoms with van der Waals surface area (Å²) in [6.45, 7) is 4.23. The van der Waals surface area contributed by atoms with E-state index >= 15 is 0 Å². The molecule has 4 rings (SSSR count). The molecule has 0 saturated heterocycles. The smallest absolute Gasteiger partial charge is 0.288 e. The number of aliphatic hydroxyl groups excluding tert-OH is 1. The summed E-state index contributed by atoms with van der Waals surface area (Å²) >= 11 is 0. The zero-order chi connectivity index (χ0) is 27.1. The number of carbonyl (C=O) groups is 1. The summed E-state index contributed by atoms with van der Waals surface area (Å²) in [4.78, 5) is 32.8. The summed E-state index contributed by atoms with van der Waals surface area (Å²) in [5, 5.41) is 26.5. The second kappa shape index (κ2) is 9.92. The molecule has 0 aliphatic carbocycles. The number of hydrogen-bond donors (Lipinski definition) is 4. The van der Waals surface area contributed by atoms with E-state index in [0.29, 0.717) is 12.1 Å². The molecule has 11 heteroatoms. The van der Waals surface area contributed by atoms with E-state index < -0.39 is 23.4 Å². The van der Waals surface area contributed by atoms with Gasteiger partial charge in [-0.1, -0.05) is 12.1 Å². The van der Waals surface area contributed by atoms with Crippen LogP contribution < -0.4 is 20.9 Å². The van der Waals surface area contributed by atoms with Crippen LogP contribution >= 0.6 is 0 Å². The molecular weight excluding hydrogens is 481 g/mol. The van der Waals surface area contributed by atoms with Gasteiger partial charge in [0.2, 0.25) is 5.76 Å². The van der Waals surface area contributed by atoms with Crippen LogP contribution in [0, 0.1) is 5.82 Å². The highest BCUT2D eigenvalue weighted by molar-refractivity contribution is 5.99. The molecule has 3 heterocycles. The van der Waals surface area contributed by atoms with E-state index in [9.17, 15) is 24.2 Å². The van der Waals surface area contributed by atoms with Gasteiger partial charge in [0, 0.05) is 30.3 Å². The van der Waals surface area contributed by atoms with Crippen LogP contribution in [-0.2, 0) is 11.2 Å². The van der Waals surface area contributed by atoms with Gasteiger partial charge in [-0.3, -0.25) is 24.5 Å². The molecule has 0 radical (unpaired) electrons. The van der Waals surface area contributed by atoms with Crippen LogP contribution in [0.4, 0.5) is 4.39 Å². The lowest BCUT2D eigenvalue weighted by molar-refractivity contribution is -0.120. The van der Waals surface area contributed by atoms with Crippen molar-refractivity contribution in [3.63, 3.8) is 0 Å². The molecule has 10 nitrogen and oxygen atoms in total. The number of likely N-dealkylation sites (N-methyl/N-ethyl adjacent to an activating group) is 1. The third-order valence-electron chi connectivity index (χ3n) is 6.68. The summed E-state index contributed by atoms with van der Waals surface area (Å²) in [7, 11) is 5.22. The molecule has 1 unspecified atom stereocenters. The van der Waals surface area contributed by atoms with Gasteiger partial charge in [-0.15, -0.1) is 0 Å². The number of nitrogens with one attached hydrogen (secondary N) is 2. The van der Waals surface area contributed by atoms with Crippen LogP contribution in [0.5, 0.6) is 11.5 Å². The standard InChI is InChI=1S/C26H30FN5O5/c1-26(2,31(4)5)13-30-23(34)17-12-32-20-19(21(33)18(25(32)36)24(35)28-3)29-11-15(22(20)37-17)10-14-6-8-16(27)9-7-14/h6-9,11-12,24,28,33,35H,10,13H2,1-5H3,(H,30,34). The molecule has 2 aromatic heterocycles. The summed E-state index contributed by atoms with van der Waals surface area (Å²) < 4.78 is 20.6. The van der Waals surface area contributed by atoms with E-state index in [1.807, 2.05) is 32.8 Å². The second-order valence-electron chi connectivity index (χ2n) is 9.73. The summed E-state index contributed by atoms with van der Waals surface area (Å²) in [6.07, 6.45) is 1.47. The van der Waals surface area contributed by atoms with E-state index in [1.165, 1.54) is 31.6 Å². The lowest BCUT2D eigenvalue weighted by Crippen LogP contribution is -2.48. The largest absolute Gasteiger partial charge is 0.505 e. The van der Waals surface area contributed by atoms with Gasteiger partial charge in [-0.2, -0.15) is 0 Å². The first-order chi connectivity index (χ1) is 17.4. The zero-order valence-corrected chi connectivity index (χ0v) is 21.3. The Bertz CT molecular complexity index is 1450. The zero-order valence-electron chi connectivity index (χ0n) is 21.3. The number of carbonyl (C=O) groups excluding carboxylic acids is 1. The van der Waals surface area contributed by atoms with Crippen molar-refractivity contribution in [3.05, 3.63) is 69.1 Å². The molecule has 1 aliphatic rings. The number of halogens is 1. The highest BCUT2D eigenvalue weighted by Gasteiger charge is 2.31. The van der Waals surface area contributed by atoms with E-state index in [-0.39, 0.29) is 45.9 Å². The molecule has 196 valence electrons. The Hall–Kier alpha value is -3.80. The third-order valence-corrected chi connectivity index (χ3v) is 6.68. The Morgan fingerprint density at radius 1 is 1.27 bits per heavy atom. The molecule has 0 bridgehead atoms. The quantitative estimate of drug-likeness (QED) is 0.337. The van der Waals surface area contributed by atoms with Gasteiger partial charge in [0.1, 0.15) is 28.6 Å². The van der Waals surface area contributed by atoms with Crippen LogP contribution in [0.2, 0.25) is 0 Å². The van der Waals surface area contributed by atoms with Crippen molar-refractivity contribution < 1.29 is 24.1 Å². The normalized spacial score (nSPS) is 13.9. The van der Waals surface area contributed by atoms with Gasteiger partial charge in [0.25, 0.3) is 11.5 Å². The minimum Gasteiger partial charge on any atom is -0.505 e. The van der Waals surface area contributed by atoms with Crippen LogP contribution in [0.25, 0.3) is 17.2 Å². The molecule has 0 saturated carbocycles. The Kier molecular flexibility index (Phi) is 7.05. The van der Waals surface area contributed by atoms with Gasteiger partial charge >= 0.3 is 0 Å². The highest BCUT2D eigenvalue weighted by Crippen LogP contribution is 2.39. The van der Waals surface area contributed by atoms with Crippen LogP contribution in [-0.4, -0.2) is 63.8 Å². The van der Waals surface area contributed by atoms with Crippen molar-refractivity contribution in [2.75, 3.05) is 27.7 Å². The lowest BCUT2D eigenvalue weighted by atomic mass is 10.0. The molecule has 3 aromatic rings. The first kappa shape index (κ1) is 26.3. The van der Waals surface area contributed by atoms with E-state index in [2.05, 4.69) is 15.6 Å². The third kappa shape index (κ3) is 4.93. The number of aliphatic hydroxyl groups is 1. The molecular formula is C26H30FN5O5. The Balaban J connectivity index is 1.86. The predicted molar refractivity (Wildman–Crippen MR) is 137 cm³/mol. The first-order valence-electron chi connectivity index (χ1n) is 11.7. The van der Waals surface area contributed by atoms with Crippen molar-refractivity contribution in [3.8, 4) is 11.5 Å². The van der Waals surface area contributed by atoms with Crippen molar-refractivity contribution in [1.82, 2.24) is 25.1 Å². The maximum atomic E-state index is 13.4. The fourth-order valence-electron chi connectivity index (χ4n) is 3.86. The SMILES string of the molecule is CNC(O)c1c(O)c2ncc(Cc3ccc(F)cc3)c3c2n(c1=O)C=C(C(=O)NCC(C)(C)N(C)C)O3. The number of nitrogens with zero attached hydrogens (tertiary/aromatic N) is 3. The lowest BCUT2D eigenvalue weighted by Gasteiger charge is -2.32. The minimum atomic E-state index is -1.47. The van der Waals surface area contributed by atoms with E-state index in [0.717, 1.165) is 10.1 Å². The van der Waals surface area contributed by atoms with E-state index in [4.69, 9.17) is 4.74 Å². The fourth-order valence-corrected chi connectivity index (χ4v) is 3.86. The molecule has 1 aromatic carbocycles. The molecule has 37 heavy (non-hydrogen) atoms. The van der Waals surface area contributed by atoms with Crippen LogP contribution in [0.1, 0.15) is 36.8 Å². The number of hydrogen-bond acceptors (Lipinski definition) is 8. The average Bonchev–Trinajstić information content (AvgIpc) is 2.87. The van der Waals surface area contributed by atoms with Gasteiger partial charge in [-0.25, -0.2) is 4.39 Å². The molecule has 1 aliphatic heterocycles. The van der Waals surface area contributed by atoms with Crippen LogP contribution in [0.15, 0.2) is 41.0 Å². The number of pyridine rings is 2. The Labute approximate surface area is 213 Å². The molecule has 0 fully saturated rings. The topological polar surface area (TPSA) is 129 Å². The minimum absolute atomic E-state index is 0.0196. The van der Waals surface area contributed by atoms with Crippen molar-refractivity contribution >= 4 is 23.1 Å². The van der Waals surface area contributed by atoms with Gasteiger partial charge < -0.3 is 25.2 Å². The van der Waals surface area contributed by atoms with Gasteiger partial charge in [-0.05, 0) is 52.7 Å². The maximum absolute atomic E-state index is 13.4. The summed E-state index contributed by atoms with van der Waals surface area (Å²) in [5.41, 5.74) is 0.0253. The predicted octanol–water partition coefficient (Wildman–Crippen LogP) is 1.69. The maximum Gasteiger partial charge on any atom is 0.288 e. The highest BCUT2D eigenvalue weighted by atomic mass is 19.1. The van der Waals surface area contributed by atoms with Crippen molar-refractivity contribution in [2.45, 2.75) is 32.0 Å². The molecule has 4 N–H and O–H groups in total. The number of benzene rings is 1. The second-order valence-corrected chi connectivity index (χ2v) is 9.73. The van der Waals surface area contributed by atoms with E-state index in [1.54, 1.807) is 12.1 Å². The number of ether oxygens (including phenoxy) is 1. The Morgan fingerprint density at radius 3 is 2.57 bits per heavy atom. The number of rotatable bonds is 8. The average molecular weight is 512 g/mol. The summed E-state index contributed by atoms with van der Waals surface area (Å²) in [6, 6.07) is 5.88. The first-order valence-corrected chi connectivity index (χ1v) is 11.7. The fraction of sp³-hybridized carbons (Fsp3) is 0.346. The van der Waals surface area contributed by atoms with Gasteiger partial charge in [0.05, 0.1) is 6.20 Å². The molecule has 1 atom stereocenters. The number of aromatic hydroxyl groups is 1. The molecule has 1 amide bonds. The Morgan fingerprint density at radius 2 is 1.95 bits per heavy atom. The molecule has 0 spiro atoms. The van der Waals surface area contributed by atoms with Crippen molar-refractivity contribution in [2.24, 2.45) is 0 Å². The van der Waals surface area contributed by atoms with Crippen molar-refractivity contribution in [1.29, 1.82) is 0 Å². The monoisotopic (exact) mass is 511 g/mol. The number of aromatic nitrogens is 2. The van der Waals surface area contributed by atoms with Gasteiger partial charge in [0.15, 0.2) is 11.5 Å². The number of amides is 1.